The van der Waals surface area contributed by atoms with Gasteiger partial charge in [0.05, 0.1) is 18.2 Å². The molecule has 0 saturated heterocycles. The highest BCUT2D eigenvalue weighted by Gasteiger charge is 2.12. The molecule has 0 aliphatic carbocycles. The molecule has 2 aromatic rings. The maximum atomic E-state index is 8.71. The minimum Gasteiger partial charge on any atom is -0.493 e. The molecule has 26 heavy (non-hydrogen) atoms. The van der Waals surface area contributed by atoms with Gasteiger partial charge in [-0.2, -0.15) is 0 Å². The van der Waals surface area contributed by atoms with E-state index >= 15 is 0 Å². The number of methoxy groups -OCH3 is 1. The van der Waals surface area contributed by atoms with Crippen LogP contribution in [-0.4, -0.2) is 38.5 Å². The molecule has 0 aliphatic rings. The molecule has 2 rings (SSSR count). The van der Waals surface area contributed by atoms with Gasteiger partial charge in [-0.3, -0.25) is 0 Å². The van der Waals surface area contributed by atoms with Crippen LogP contribution in [0, 0.1) is 0 Å². The third-order valence-corrected chi connectivity index (χ3v) is 4.43. The van der Waals surface area contributed by atoms with E-state index in [1.54, 1.807) is 7.11 Å². The molecule has 0 unspecified atom stereocenters. The third kappa shape index (κ3) is 6.96. The first-order chi connectivity index (χ1) is 12.7. The van der Waals surface area contributed by atoms with E-state index in [0.717, 1.165) is 47.4 Å². The first-order valence-electron chi connectivity index (χ1n) is 8.80. The van der Waals surface area contributed by atoms with Crippen LogP contribution in [0.2, 0.25) is 0 Å². The summed E-state index contributed by atoms with van der Waals surface area (Å²) in [5, 5.41) is 15.3. The van der Waals surface area contributed by atoms with Crippen molar-refractivity contribution in [2.75, 3.05) is 33.4 Å². The molecule has 0 amide bonds. The topological polar surface area (TPSA) is 62.8 Å². The molecule has 0 fully saturated rings. The highest BCUT2D eigenvalue weighted by Crippen LogP contribution is 2.37. The van der Waals surface area contributed by atoms with Gasteiger partial charge in [0.25, 0.3) is 0 Å². The Morgan fingerprint density at radius 1 is 1.00 bits per heavy atom. The molecule has 0 aromatic heterocycles. The number of benzene rings is 2. The van der Waals surface area contributed by atoms with Crippen LogP contribution >= 0.6 is 15.9 Å². The monoisotopic (exact) mass is 422 g/mol. The first-order valence-corrected chi connectivity index (χ1v) is 9.59. The van der Waals surface area contributed by atoms with Gasteiger partial charge in [-0.25, -0.2) is 0 Å². The molecule has 0 aliphatic heterocycles. The number of aliphatic hydroxyl groups excluding tert-OH is 1. The number of ether oxygens (including phenoxy) is 2. The SMILES string of the molecule is COc1cc(CNCCCNCCO)cc(Br)c1OCc1ccccc1. The lowest BCUT2D eigenvalue weighted by molar-refractivity contribution is 0.282. The van der Waals surface area contributed by atoms with Gasteiger partial charge in [-0.05, 0) is 58.7 Å². The van der Waals surface area contributed by atoms with Crippen molar-refractivity contribution in [3.8, 4) is 11.5 Å². The molecule has 5 nitrogen and oxygen atoms in total. The Labute approximate surface area is 163 Å². The summed E-state index contributed by atoms with van der Waals surface area (Å²) in [5.41, 5.74) is 2.24. The molecule has 0 spiro atoms. The molecule has 6 heteroatoms. The Morgan fingerprint density at radius 3 is 2.50 bits per heavy atom. The molecule has 3 N–H and O–H groups in total. The fraction of sp³-hybridized carbons (Fsp3) is 0.400. The highest BCUT2D eigenvalue weighted by atomic mass is 79.9. The average Bonchev–Trinajstić information content (AvgIpc) is 2.67. The van der Waals surface area contributed by atoms with Crippen molar-refractivity contribution in [3.05, 3.63) is 58.1 Å². The van der Waals surface area contributed by atoms with Gasteiger partial charge in [0, 0.05) is 13.1 Å². The molecule has 0 bridgehead atoms. The van der Waals surface area contributed by atoms with Crippen LogP contribution in [0.4, 0.5) is 0 Å². The second kappa shape index (κ2) is 11.9. The summed E-state index contributed by atoms with van der Waals surface area (Å²) in [7, 11) is 1.65. The Kier molecular flexibility index (Phi) is 9.48. The summed E-state index contributed by atoms with van der Waals surface area (Å²) in [6.45, 7) is 3.88. The molecule has 142 valence electrons. The highest BCUT2D eigenvalue weighted by molar-refractivity contribution is 9.10. The fourth-order valence-corrected chi connectivity index (χ4v) is 3.12. The molecule has 0 heterocycles. The van der Waals surface area contributed by atoms with Gasteiger partial charge in [0.15, 0.2) is 11.5 Å². The van der Waals surface area contributed by atoms with Gasteiger partial charge in [-0.1, -0.05) is 30.3 Å². The minimum atomic E-state index is 0.180. The van der Waals surface area contributed by atoms with Crippen molar-refractivity contribution in [2.24, 2.45) is 0 Å². The van der Waals surface area contributed by atoms with Gasteiger partial charge in [0.1, 0.15) is 6.61 Å². The van der Waals surface area contributed by atoms with Crippen LogP contribution in [0.3, 0.4) is 0 Å². The van der Waals surface area contributed by atoms with Crippen molar-refractivity contribution in [2.45, 2.75) is 19.6 Å². The zero-order valence-electron chi connectivity index (χ0n) is 15.1. The van der Waals surface area contributed by atoms with E-state index in [-0.39, 0.29) is 6.61 Å². The number of hydrogen-bond donors (Lipinski definition) is 3. The number of rotatable bonds is 12. The molecule has 0 atom stereocenters. The lowest BCUT2D eigenvalue weighted by atomic mass is 10.2. The first kappa shape index (κ1) is 20.7. The van der Waals surface area contributed by atoms with Gasteiger partial charge in [0.2, 0.25) is 0 Å². The summed E-state index contributed by atoms with van der Waals surface area (Å²) >= 11 is 3.60. The number of aliphatic hydroxyl groups is 1. The Hall–Kier alpha value is -1.60. The number of nitrogens with one attached hydrogen (secondary N) is 2. The van der Waals surface area contributed by atoms with E-state index in [9.17, 15) is 0 Å². The van der Waals surface area contributed by atoms with Crippen LogP contribution in [0.5, 0.6) is 11.5 Å². The molecular formula is C20H27BrN2O3. The van der Waals surface area contributed by atoms with Crippen LogP contribution in [-0.2, 0) is 13.2 Å². The number of halogens is 1. The Morgan fingerprint density at radius 2 is 1.77 bits per heavy atom. The molecule has 0 saturated carbocycles. The number of hydrogen-bond acceptors (Lipinski definition) is 5. The Bertz CT molecular complexity index is 653. The van der Waals surface area contributed by atoms with Crippen LogP contribution < -0.4 is 20.1 Å². The minimum absolute atomic E-state index is 0.180. The maximum Gasteiger partial charge on any atom is 0.175 e. The van der Waals surface area contributed by atoms with Gasteiger partial charge >= 0.3 is 0 Å². The van der Waals surface area contributed by atoms with Crippen molar-refractivity contribution in [1.82, 2.24) is 10.6 Å². The third-order valence-electron chi connectivity index (χ3n) is 3.84. The normalized spacial score (nSPS) is 10.7. The lowest BCUT2D eigenvalue weighted by Crippen LogP contribution is -2.23. The molecule has 0 radical (unpaired) electrons. The summed E-state index contributed by atoms with van der Waals surface area (Å²) in [5.74, 6) is 1.44. The summed E-state index contributed by atoms with van der Waals surface area (Å²) in [6, 6.07) is 14.1. The van der Waals surface area contributed by atoms with Crippen LogP contribution in [0.25, 0.3) is 0 Å². The summed E-state index contributed by atoms with van der Waals surface area (Å²) in [4.78, 5) is 0. The van der Waals surface area contributed by atoms with Gasteiger partial charge < -0.3 is 25.2 Å². The fourth-order valence-electron chi connectivity index (χ4n) is 2.52. The lowest BCUT2D eigenvalue weighted by Gasteiger charge is -2.15. The van der Waals surface area contributed by atoms with E-state index in [1.807, 2.05) is 36.4 Å². The van der Waals surface area contributed by atoms with Crippen molar-refractivity contribution in [1.29, 1.82) is 0 Å². The molecular weight excluding hydrogens is 396 g/mol. The summed E-state index contributed by atoms with van der Waals surface area (Å²) < 4.78 is 12.4. The summed E-state index contributed by atoms with van der Waals surface area (Å²) in [6.07, 6.45) is 1.01. The standard InChI is InChI=1S/C20H27BrN2O3/c1-25-19-13-17(14-23-9-5-8-22-10-11-24)12-18(21)20(19)26-15-16-6-3-2-4-7-16/h2-4,6-7,12-13,22-24H,5,8-11,14-15H2,1H3. The van der Waals surface area contributed by atoms with E-state index < -0.39 is 0 Å². The Balaban J connectivity index is 1.87. The predicted molar refractivity (Wildman–Crippen MR) is 108 cm³/mol. The van der Waals surface area contributed by atoms with E-state index in [1.165, 1.54) is 0 Å². The molecule has 2 aromatic carbocycles. The zero-order valence-corrected chi connectivity index (χ0v) is 16.7. The van der Waals surface area contributed by atoms with E-state index in [4.69, 9.17) is 14.6 Å². The van der Waals surface area contributed by atoms with Crippen molar-refractivity contribution >= 4 is 15.9 Å². The smallest absolute Gasteiger partial charge is 0.175 e. The second-order valence-corrected chi connectivity index (χ2v) is 6.74. The van der Waals surface area contributed by atoms with Crippen molar-refractivity contribution < 1.29 is 14.6 Å². The average molecular weight is 423 g/mol. The van der Waals surface area contributed by atoms with Gasteiger partial charge in [-0.15, -0.1) is 0 Å². The van der Waals surface area contributed by atoms with E-state index in [0.29, 0.717) is 18.9 Å². The van der Waals surface area contributed by atoms with Crippen molar-refractivity contribution in [3.63, 3.8) is 0 Å². The zero-order chi connectivity index (χ0) is 18.6. The largest absolute Gasteiger partial charge is 0.493 e. The van der Waals surface area contributed by atoms with Crippen LogP contribution in [0.1, 0.15) is 17.5 Å². The van der Waals surface area contributed by atoms with Crippen LogP contribution in [0.15, 0.2) is 46.9 Å². The second-order valence-electron chi connectivity index (χ2n) is 5.89. The quantitative estimate of drug-likeness (QED) is 0.458. The predicted octanol–water partition coefficient (Wildman–Crippen LogP) is 3.10. The maximum absolute atomic E-state index is 8.71. The van der Waals surface area contributed by atoms with E-state index in [2.05, 4.69) is 32.6 Å².